The van der Waals surface area contributed by atoms with Crippen LogP contribution in [0, 0.1) is 25.5 Å². The van der Waals surface area contributed by atoms with Crippen LogP contribution in [0.15, 0.2) is 42.5 Å². The van der Waals surface area contributed by atoms with Crippen LogP contribution in [0.1, 0.15) is 32.1 Å². The van der Waals surface area contributed by atoms with E-state index >= 15 is 0 Å². The Morgan fingerprint density at radius 2 is 1.79 bits per heavy atom. The van der Waals surface area contributed by atoms with Crippen molar-refractivity contribution in [2.75, 3.05) is 6.61 Å². The van der Waals surface area contributed by atoms with Crippen LogP contribution in [-0.4, -0.2) is 28.1 Å². The highest BCUT2D eigenvalue weighted by Gasteiger charge is 2.17. The minimum absolute atomic E-state index is 0.198. The summed E-state index contributed by atoms with van der Waals surface area (Å²) < 4.78 is 33.3. The number of ketones is 1. The number of halogens is 3. The molecule has 0 bridgehead atoms. The molecular formula is C20H15ClF2N2O3. The number of esters is 1. The Hall–Kier alpha value is -3.06. The third kappa shape index (κ3) is 3.94. The lowest BCUT2D eigenvalue weighted by molar-refractivity contribution is 0.0473. The molecule has 5 nitrogen and oxygen atoms in total. The van der Waals surface area contributed by atoms with Gasteiger partial charge in [-0.15, -0.1) is 0 Å². The Morgan fingerprint density at radius 1 is 1.11 bits per heavy atom. The molecule has 3 aromatic rings. The maximum atomic E-state index is 13.6. The molecule has 0 unspecified atom stereocenters. The fourth-order valence-electron chi connectivity index (χ4n) is 2.62. The van der Waals surface area contributed by atoms with Crippen LogP contribution in [0.5, 0.6) is 0 Å². The number of ether oxygens (including phenoxy) is 1. The Kier molecular flexibility index (Phi) is 5.56. The lowest BCUT2D eigenvalue weighted by Crippen LogP contribution is -2.15. The van der Waals surface area contributed by atoms with Crippen LogP contribution >= 0.6 is 11.6 Å². The topological polar surface area (TPSA) is 61.2 Å². The van der Waals surface area contributed by atoms with Crippen molar-refractivity contribution in [1.82, 2.24) is 9.78 Å². The molecule has 3 rings (SSSR count). The van der Waals surface area contributed by atoms with E-state index in [1.54, 1.807) is 23.7 Å². The van der Waals surface area contributed by atoms with Gasteiger partial charge in [-0.3, -0.25) is 4.79 Å². The number of hydrogen-bond donors (Lipinski definition) is 0. The van der Waals surface area contributed by atoms with E-state index in [9.17, 15) is 18.4 Å². The van der Waals surface area contributed by atoms with Crippen molar-refractivity contribution in [3.05, 3.63) is 81.6 Å². The Bertz CT molecular complexity index is 1060. The van der Waals surface area contributed by atoms with Gasteiger partial charge in [-0.25, -0.2) is 18.3 Å². The second-order valence-electron chi connectivity index (χ2n) is 6.07. The zero-order valence-electron chi connectivity index (χ0n) is 15.0. The molecule has 0 spiro atoms. The normalized spacial score (nSPS) is 10.8. The Labute approximate surface area is 164 Å². The molecule has 0 fully saturated rings. The van der Waals surface area contributed by atoms with Crippen LogP contribution in [0.2, 0.25) is 5.02 Å². The van der Waals surface area contributed by atoms with E-state index in [0.29, 0.717) is 16.4 Å². The van der Waals surface area contributed by atoms with Gasteiger partial charge in [0.25, 0.3) is 0 Å². The fourth-order valence-corrected chi connectivity index (χ4v) is 2.73. The van der Waals surface area contributed by atoms with E-state index in [-0.39, 0.29) is 5.56 Å². The highest BCUT2D eigenvalue weighted by molar-refractivity contribution is 6.31. The number of rotatable bonds is 5. The van der Waals surface area contributed by atoms with Crippen LogP contribution in [-0.2, 0) is 4.74 Å². The number of carbonyl (C=O) groups is 2. The van der Waals surface area contributed by atoms with Crippen molar-refractivity contribution in [2.24, 2.45) is 0 Å². The van der Waals surface area contributed by atoms with Gasteiger partial charge in [0.2, 0.25) is 5.78 Å². The lowest BCUT2D eigenvalue weighted by Gasteiger charge is -2.07. The smallest absolute Gasteiger partial charge is 0.338 e. The summed E-state index contributed by atoms with van der Waals surface area (Å²) in [6.07, 6.45) is 0. The van der Waals surface area contributed by atoms with Gasteiger partial charge in [0, 0.05) is 0 Å². The van der Waals surface area contributed by atoms with Crippen LogP contribution in [0.3, 0.4) is 0 Å². The summed E-state index contributed by atoms with van der Waals surface area (Å²) in [5, 5.41) is 4.88. The van der Waals surface area contributed by atoms with Gasteiger partial charge in [-0.1, -0.05) is 11.6 Å². The van der Waals surface area contributed by atoms with E-state index in [1.807, 2.05) is 6.92 Å². The molecule has 0 saturated carbocycles. The van der Waals surface area contributed by atoms with Crippen molar-refractivity contribution in [3.8, 4) is 5.69 Å². The largest absolute Gasteiger partial charge is 0.454 e. The number of hydrogen-bond acceptors (Lipinski definition) is 4. The Morgan fingerprint density at radius 3 is 2.39 bits per heavy atom. The standard InChI is InChI=1S/C20H15ClF2N2O3/c1-11-19(21)12(2)25(24-11)15-6-3-13(4-7-15)20(27)28-10-18(26)16-9-14(22)5-8-17(16)23/h3-9H,10H2,1-2H3. The van der Waals surface area contributed by atoms with Crippen molar-refractivity contribution in [2.45, 2.75) is 13.8 Å². The third-order valence-electron chi connectivity index (χ3n) is 4.11. The van der Waals surface area contributed by atoms with Gasteiger partial charge in [0.1, 0.15) is 11.6 Å². The van der Waals surface area contributed by atoms with E-state index in [4.69, 9.17) is 16.3 Å². The van der Waals surface area contributed by atoms with Gasteiger partial charge in [-0.2, -0.15) is 5.10 Å². The molecule has 8 heteroatoms. The van der Waals surface area contributed by atoms with E-state index in [2.05, 4.69) is 5.10 Å². The zero-order valence-corrected chi connectivity index (χ0v) is 15.8. The highest BCUT2D eigenvalue weighted by Crippen LogP contribution is 2.22. The van der Waals surface area contributed by atoms with Gasteiger partial charge >= 0.3 is 5.97 Å². The summed E-state index contributed by atoms with van der Waals surface area (Å²) in [7, 11) is 0. The predicted octanol–water partition coefficient (Wildman–Crippen LogP) is 4.46. The summed E-state index contributed by atoms with van der Waals surface area (Å²) in [6.45, 7) is 2.91. The molecule has 1 heterocycles. The molecule has 0 atom stereocenters. The quantitative estimate of drug-likeness (QED) is 0.465. The average molecular weight is 405 g/mol. The SMILES string of the molecule is Cc1nn(-c2ccc(C(=O)OCC(=O)c3cc(F)ccc3F)cc2)c(C)c1Cl. The molecule has 1 aromatic heterocycles. The Balaban J connectivity index is 1.69. The summed E-state index contributed by atoms with van der Waals surface area (Å²) in [4.78, 5) is 24.1. The lowest BCUT2D eigenvalue weighted by atomic mass is 10.1. The number of aromatic nitrogens is 2. The second kappa shape index (κ2) is 7.90. The van der Waals surface area contributed by atoms with Gasteiger partial charge in [0.15, 0.2) is 6.61 Å². The van der Waals surface area contributed by atoms with Gasteiger partial charge < -0.3 is 4.74 Å². The summed E-state index contributed by atoms with van der Waals surface area (Å²) in [6, 6.07) is 8.83. The van der Waals surface area contributed by atoms with Crippen molar-refractivity contribution < 1.29 is 23.1 Å². The van der Waals surface area contributed by atoms with Crippen molar-refractivity contribution in [1.29, 1.82) is 0 Å². The first-order chi connectivity index (χ1) is 13.3. The molecule has 0 radical (unpaired) electrons. The minimum Gasteiger partial charge on any atom is -0.454 e. The second-order valence-corrected chi connectivity index (χ2v) is 6.44. The van der Waals surface area contributed by atoms with Crippen LogP contribution in [0.25, 0.3) is 5.69 Å². The average Bonchev–Trinajstić information content (AvgIpc) is 2.95. The van der Waals surface area contributed by atoms with E-state index < -0.39 is 35.6 Å². The highest BCUT2D eigenvalue weighted by atomic mass is 35.5. The maximum Gasteiger partial charge on any atom is 0.338 e. The van der Waals surface area contributed by atoms with Crippen LogP contribution in [0.4, 0.5) is 8.78 Å². The number of benzene rings is 2. The summed E-state index contributed by atoms with van der Waals surface area (Å²) >= 11 is 6.13. The zero-order chi connectivity index (χ0) is 20.4. The van der Waals surface area contributed by atoms with Crippen molar-refractivity contribution >= 4 is 23.4 Å². The first-order valence-corrected chi connectivity index (χ1v) is 8.63. The molecule has 28 heavy (non-hydrogen) atoms. The van der Waals surface area contributed by atoms with E-state index in [0.717, 1.165) is 23.9 Å². The molecule has 0 aliphatic heterocycles. The van der Waals surface area contributed by atoms with Crippen molar-refractivity contribution in [3.63, 3.8) is 0 Å². The molecule has 0 saturated heterocycles. The molecule has 2 aromatic carbocycles. The first-order valence-electron chi connectivity index (χ1n) is 8.25. The molecule has 0 aliphatic rings. The fraction of sp³-hybridized carbons (Fsp3) is 0.150. The maximum absolute atomic E-state index is 13.6. The number of carbonyl (C=O) groups excluding carboxylic acids is 2. The molecule has 0 aliphatic carbocycles. The third-order valence-corrected chi connectivity index (χ3v) is 4.66. The molecule has 144 valence electrons. The van der Waals surface area contributed by atoms with E-state index in [1.165, 1.54) is 12.1 Å². The molecule has 0 amide bonds. The molecule has 0 N–H and O–H groups in total. The molecular weight excluding hydrogens is 390 g/mol. The monoisotopic (exact) mass is 404 g/mol. The number of aryl methyl sites for hydroxylation is 1. The first kappa shape index (κ1) is 19.7. The predicted molar refractivity (Wildman–Crippen MR) is 99.0 cm³/mol. The summed E-state index contributed by atoms with van der Waals surface area (Å²) in [5.41, 5.74) is 1.87. The van der Waals surface area contributed by atoms with Gasteiger partial charge in [-0.05, 0) is 56.3 Å². The van der Waals surface area contributed by atoms with Crippen LogP contribution < -0.4 is 0 Å². The number of nitrogens with zero attached hydrogens (tertiary/aromatic N) is 2. The minimum atomic E-state index is -0.879. The van der Waals surface area contributed by atoms with Gasteiger partial charge in [0.05, 0.1) is 33.2 Å². The number of Topliss-reactive ketones (excluding diaryl/α,β-unsaturated/α-hetero) is 1. The summed E-state index contributed by atoms with van der Waals surface area (Å²) in [5.74, 6) is -3.23.